The summed E-state index contributed by atoms with van der Waals surface area (Å²) in [7, 11) is 0. The van der Waals surface area contributed by atoms with Gasteiger partial charge >= 0.3 is 0 Å². The number of aliphatic hydroxyl groups excluding tert-OH is 1. The topological polar surface area (TPSA) is 76.4 Å². The molecule has 0 spiro atoms. The van der Waals surface area contributed by atoms with Crippen LogP contribution in [-0.2, 0) is 13.0 Å². The van der Waals surface area contributed by atoms with E-state index >= 15 is 0 Å². The summed E-state index contributed by atoms with van der Waals surface area (Å²) in [6.45, 7) is 5.21. The van der Waals surface area contributed by atoms with Gasteiger partial charge in [0.25, 0.3) is 0 Å². The number of benzene rings is 1. The van der Waals surface area contributed by atoms with E-state index in [0.717, 1.165) is 41.4 Å². The van der Waals surface area contributed by atoms with E-state index in [9.17, 15) is 9.50 Å². The zero-order valence-corrected chi connectivity index (χ0v) is 15.9. The molecule has 0 amide bonds. The number of aromatic nitrogens is 2. The van der Waals surface area contributed by atoms with Gasteiger partial charge in [-0.2, -0.15) is 5.10 Å². The summed E-state index contributed by atoms with van der Waals surface area (Å²) in [4.78, 5) is 4.50. The average molecular weight is 370 g/mol. The van der Waals surface area contributed by atoms with Crippen molar-refractivity contribution >= 4 is 6.21 Å². The highest BCUT2D eigenvalue weighted by Gasteiger charge is 2.20. The van der Waals surface area contributed by atoms with Crippen molar-refractivity contribution in [2.75, 3.05) is 6.54 Å². The molecule has 0 aliphatic heterocycles. The fourth-order valence-electron chi connectivity index (χ4n) is 3.06. The van der Waals surface area contributed by atoms with Crippen LogP contribution in [0.3, 0.4) is 0 Å². The molecule has 0 bridgehead atoms. The molecule has 1 saturated carbocycles. The Morgan fingerprint density at radius 2 is 2.26 bits per heavy atom. The number of allylic oxidation sites excluding steroid dienone is 1. The molecule has 1 heterocycles. The molecule has 3 N–H and O–H groups in total. The Kier molecular flexibility index (Phi) is 6.06. The smallest absolute Gasteiger partial charge is 0.123 e. The molecule has 1 atom stereocenters. The number of hydrogen-bond acceptors (Lipinski definition) is 4. The minimum absolute atomic E-state index is 0.374. The van der Waals surface area contributed by atoms with Crippen LogP contribution in [0, 0.1) is 11.7 Å². The molecule has 1 aromatic carbocycles. The molecule has 1 aliphatic rings. The lowest BCUT2D eigenvalue weighted by Crippen LogP contribution is -2.01. The summed E-state index contributed by atoms with van der Waals surface area (Å²) >= 11 is 0. The number of nitrogens with zero attached hydrogens (tertiary/aromatic N) is 3. The monoisotopic (exact) mass is 370 g/mol. The standard InChI is InChI=1S/C21H27FN4O/c1-3-26-13-17(8-16(10-23)12-24-11-15-4-5-15)21(25-26)19-7-6-18(22)9-20(19)14(2)27/h6-7,9-10,12-15,27H,3-5,8,11,23H2,1-2H3/t14-/m1/s1. The molecular weight excluding hydrogens is 343 g/mol. The number of hydrogen-bond donors (Lipinski definition) is 2. The van der Waals surface area contributed by atoms with Crippen molar-refractivity contribution in [3.05, 3.63) is 53.1 Å². The Morgan fingerprint density at radius 3 is 2.89 bits per heavy atom. The maximum absolute atomic E-state index is 13.7. The SMILES string of the molecule is CCn1cc(CC(C=NCC2CC2)=CN)c(-c2ccc(F)cc2[C@@H](C)O)n1. The van der Waals surface area contributed by atoms with Gasteiger partial charge in [0.1, 0.15) is 5.82 Å². The highest BCUT2D eigenvalue weighted by molar-refractivity contribution is 5.80. The highest BCUT2D eigenvalue weighted by Crippen LogP contribution is 2.32. The fraction of sp³-hybridized carbons (Fsp3) is 0.429. The first-order valence-electron chi connectivity index (χ1n) is 9.46. The summed E-state index contributed by atoms with van der Waals surface area (Å²) < 4.78 is 15.5. The van der Waals surface area contributed by atoms with Crippen LogP contribution in [0.5, 0.6) is 0 Å². The van der Waals surface area contributed by atoms with E-state index in [1.165, 1.54) is 25.0 Å². The number of aryl methyl sites for hydroxylation is 1. The zero-order valence-electron chi connectivity index (χ0n) is 15.9. The van der Waals surface area contributed by atoms with Gasteiger partial charge in [-0.25, -0.2) is 4.39 Å². The first-order chi connectivity index (χ1) is 13.0. The van der Waals surface area contributed by atoms with E-state index < -0.39 is 6.10 Å². The second-order valence-corrected chi connectivity index (χ2v) is 7.12. The molecule has 6 heteroatoms. The van der Waals surface area contributed by atoms with E-state index in [4.69, 9.17) is 5.73 Å². The molecular formula is C21H27FN4O. The second kappa shape index (κ2) is 8.48. The van der Waals surface area contributed by atoms with Crippen molar-refractivity contribution in [3.8, 4) is 11.3 Å². The molecule has 1 aromatic heterocycles. The molecule has 1 aliphatic carbocycles. The summed E-state index contributed by atoms with van der Waals surface area (Å²) in [6.07, 6.45) is 7.70. The highest BCUT2D eigenvalue weighted by atomic mass is 19.1. The van der Waals surface area contributed by atoms with Crippen LogP contribution in [0.4, 0.5) is 4.39 Å². The van der Waals surface area contributed by atoms with Gasteiger partial charge in [0, 0.05) is 43.0 Å². The van der Waals surface area contributed by atoms with Gasteiger partial charge < -0.3 is 10.8 Å². The number of rotatable bonds is 8. The molecule has 5 nitrogen and oxygen atoms in total. The van der Waals surface area contributed by atoms with Crippen molar-refractivity contribution in [2.24, 2.45) is 16.6 Å². The summed E-state index contributed by atoms with van der Waals surface area (Å²) in [6, 6.07) is 4.44. The Bertz CT molecular complexity index is 850. The van der Waals surface area contributed by atoms with Crippen molar-refractivity contribution in [1.29, 1.82) is 0 Å². The van der Waals surface area contributed by atoms with Crippen LogP contribution in [0.15, 0.2) is 41.2 Å². The van der Waals surface area contributed by atoms with Crippen LogP contribution in [0.2, 0.25) is 0 Å². The first kappa shape index (κ1) is 19.3. The lowest BCUT2D eigenvalue weighted by Gasteiger charge is -2.12. The normalized spacial score (nSPS) is 16.2. The van der Waals surface area contributed by atoms with E-state index in [0.29, 0.717) is 12.0 Å². The molecule has 1 fully saturated rings. The van der Waals surface area contributed by atoms with Gasteiger partial charge in [-0.05, 0) is 68.1 Å². The Morgan fingerprint density at radius 1 is 1.48 bits per heavy atom. The largest absolute Gasteiger partial charge is 0.404 e. The van der Waals surface area contributed by atoms with E-state index in [2.05, 4.69) is 10.1 Å². The predicted octanol–water partition coefficient (Wildman–Crippen LogP) is 3.63. The maximum atomic E-state index is 13.7. The third-order valence-electron chi connectivity index (χ3n) is 4.81. The van der Waals surface area contributed by atoms with Gasteiger partial charge in [-0.15, -0.1) is 0 Å². The van der Waals surface area contributed by atoms with Gasteiger partial charge in [0.05, 0.1) is 11.8 Å². The maximum Gasteiger partial charge on any atom is 0.123 e. The molecule has 27 heavy (non-hydrogen) atoms. The lowest BCUT2D eigenvalue weighted by molar-refractivity contribution is 0.199. The van der Waals surface area contributed by atoms with Gasteiger partial charge in [0.2, 0.25) is 0 Å². The quantitative estimate of drug-likeness (QED) is 0.697. The Labute approximate surface area is 159 Å². The molecule has 144 valence electrons. The Balaban J connectivity index is 1.93. The molecule has 0 radical (unpaired) electrons. The van der Waals surface area contributed by atoms with Gasteiger partial charge in [0.15, 0.2) is 0 Å². The summed E-state index contributed by atoms with van der Waals surface area (Å²) in [5, 5.41) is 14.7. The molecule has 0 saturated heterocycles. The van der Waals surface area contributed by atoms with Crippen molar-refractivity contribution < 1.29 is 9.50 Å². The van der Waals surface area contributed by atoms with Crippen molar-refractivity contribution in [3.63, 3.8) is 0 Å². The van der Waals surface area contributed by atoms with Gasteiger partial charge in [-0.1, -0.05) is 0 Å². The van der Waals surface area contributed by atoms with E-state index in [-0.39, 0.29) is 5.82 Å². The summed E-state index contributed by atoms with van der Waals surface area (Å²) in [5.41, 5.74) is 9.69. The molecule has 2 aromatic rings. The number of halogens is 1. The first-order valence-corrected chi connectivity index (χ1v) is 9.46. The predicted molar refractivity (Wildman–Crippen MR) is 106 cm³/mol. The van der Waals surface area contributed by atoms with Crippen molar-refractivity contribution in [2.45, 2.75) is 45.8 Å². The minimum Gasteiger partial charge on any atom is -0.404 e. The van der Waals surface area contributed by atoms with Gasteiger partial charge in [-0.3, -0.25) is 9.67 Å². The van der Waals surface area contributed by atoms with E-state index in [1.807, 2.05) is 24.0 Å². The number of aliphatic hydroxyl groups is 1. The minimum atomic E-state index is -0.792. The van der Waals surface area contributed by atoms with Crippen LogP contribution in [-0.4, -0.2) is 27.6 Å². The van der Waals surface area contributed by atoms with Crippen molar-refractivity contribution in [1.82, 2.24) is 9.78 Å². The average Bonchev–Trinajstić information content (AvgIpc) is 3.39. The Hall–Kier alpha value is -2.47. The third-order valence-corrected chi connectivity index (χ3v) is 4.81. The second-order valence-electron chi connectivity index (χ2n) is 7.12. The van der Waals surface area contributed by atoms with Crippen LogP contribution in [0.1, 0.15) is 43.9 Å². The lowest BCUT2D eigenvalue weighted by atomic mass is 9.96. The fourth-order valence-corrected chi connectivity index (χ4v) is 3.06. The van der Waals surface area contributed by atoms with Crippen LogP contribution in [0.25, 0.3) is 11.3 Å². The zero-order chi connectivity index (χ0) is 19.4. The number of nitrogens with two attached hydrogens (primary N) is 1. The molecule has 0 unspecified atom stereocenters. The van der Waals surface area contributed by atoms with Crippen LogP contribution >= 0.6 is 0 Å². The van der Waals surface area contributed by atoms with Crippen LogP contribution < -0.4 is 5.73 Å². The summed E-state index contributed by atoms with van der Waals surface area (Å²) in [5.74, 6) is 0.354. The third kappa shape index (κ3) is 4.83. The molecule has 3 rings (SSSR count). The number of aliphatic imine (C=N–C) groups is 1. The van der Waals surface area contributed by atoms with E-state index in [1.54, 1.807) is 19.2 Å².